The van der Waals surface area contributed by atoms with Gasteiger partial charge in [0.2, 0.25) is 0 Å². The Morgan fingerprint density at radius 2 is 1.81 bits per heavy atom. The molecule has 0 amide bonds. The van der Waals surface area contributed by atoms with Crippen molar-refractivity contribution in [2.45, 2.75) is 19.9 Å². The predicted molar refractivity (Wildman–Crippen MR) is 123 cm³/mol. The summed E-state index contributed by atoms with van der Waals surface area (Å²) in [5, 5.41) is 13.2. The van der Waals surface area contributed by atoms with E-state index in [1.807, 2.05) is 19.9 Å². The fraction of sp³-hybridized carbons (Fsp3) is 0.160. The minimum absolute atomic E-state index is 0.159. The Balaban J connectivity index is 1.89. The van der Waals surface area contributed by atoms with E-state index in [1.165, 1.54) is 22.8 Å². The molecule has 0 saturated carbocycles. The minimum atomic E-state index is -1.03. The molecule has 0 fully saturated rings. The van der Waals surface area contributed by atoms with Gasteiger partial charge in [-0.1, -0.05) is 18.2 Å². The van der Waals surface area contributed by atoms with Gasteiger partial charge >= 0.3 is 5.97 Å². The molecule has 0 spiro atoms. The Hall–Kier alpha value is -4.00. The second-order valence-electron chi connectivity index (χ2n) is 7.77. The summed E-state index contributed by atoms with van der Waals surface area (Å²) in [5.41, 5.74) is 3.22. The van der Waals surface area contributed by atoms with Crippen LogP contribution in [0.4, 0.5) is 10.1 Å². The van der Waals surface area contributed by atoms with E-state index in [0.29, 0.717) is 28.0 Å². The molecule has 6 nitrogen and oxygen atoms in total. The van der Waals surface area contributed by atoms with Crippen LogP contribution in [0.1, 0.15) is 34.5 Å². The van der Waals surface area contributed by atoms with Gasteiger partial charge < -0.3 is 10.4 Å². The monoisotopic (exact) mass is 431 g/mol. The number of aryl methyl sites for hydroxylation is 1. The van der Waals surface area contributed by atoms with Crippen molar-refractivity contribution in [3.63, 3.8) is 0 Å². The number of benzene rings is 3. The molecule has 0 saturated heterocycles. The predicted octanol–water partition coefficient (Wildman–Crippen LogP) is 4.92. The van der Waals surface area contributed by atoms with Crippen molar-refractivity contribution in [1.82, 2.24) is 9.55 Å². The highest BCUT2D eigenvalue weighted by atomic mass is 19.1. The van der Waals surface area contributed by atoms with E-state index in [4.69, 9.17) is 4.98 Å². The number of carboxylic acids is 1. The van der Waals surface area contributed by atoms with E-state index < -0.39 is 5.97 Å². The Kier molecular flexibility index (Phi) is 5.48. The second-order valence-corrected chi connectivity index (χ2v) is 7.77. The first-order valence-electron chi connectivity index (χ1n) is 10.1. The van der Waals surface area contributed by atoms with Crippen LogP contribution in [0.2, 0.25) is 0 Å². The molecule has 0 radical (unpaired) electrons. The lowest BCUT2D eigenvalue weighted by molar-refractivity contribution is 0.0698. The number of hydrogen-bond acceptors (Lipinski definition) is 4. The van der Waals surface area contributed by atoms with Crippen LogP contribution in [0.15, 0.2) is 65.5 Å². The third kappa shape index (κ3) is 3.85. The highest BCUT2D eigenvalue weighted by Gasteiger charge is 2.19. The quantitative estimate of drug-likeness (QED) is 0.469. The summed E-state index contributed by atoms with van der Waals surface area (Å²) in [5.74, 6) is -0.975. The van der Waals surface area contributed by atoms with Crippen LogP contribution in [0, 0.1) is 12.7 Å². The molecule has 1 atom stereocenters. The van der Waals surface area contributed by atoms with E-state index in [-0.39, 0.29) is 23.0 Å². The summed E-state index contributed by atoms with van der Waals surface area (Å²) in [6.07, 6.45) is 0. The molecule has 32 heavy (non-hydrogen) atoms. The van der Waals surface area contributed by atoms with Crippen LogP contribution >= 0.6 is 0 Å². The molecule has 4 rings (SSSR count). The third-order valence-electron chi connectivity index (χ3n) is 5.45. The number of carboxylic acid groups (broad SMARTS) is 1. The molecule has 1 aromatic heterocycles. The minimum Gasteiger partial charge on any atom is -0.478 e. The van der Waals surface area contributed by atoms with Gasteiger partial charge in [-0.25, -0.2) is 14.2 Å². The maximum absolute atomic E-state index is 13.4. The fourth-order valence-corrected chi connectivity index (χ4v) is 3.85. The average Bonchev–Trinajstić information content (AvgIpc) is 2.77. The molecule has 0 aliphatic rings. The van der Waals surface area contributed by atoms with Crippen molar-refractivity contribution >= 4 is 22.6 Å². The zero-order chi connectivity index (χ0) is 23.0. The SMILES string of the molecule is Cc1cc(C(C)Nc2ccccc2C(=O)O)c2nc(-c3ccc(F)cc3)n(C)c(=O)c2c1. The Morgan fingerprint density at radius 3 is 2.50 bits per heavy atom. The summed E-state index contributed by atoms with van der Waals surface area (Å²) in [4.78, 5) is 29.5. The van der Waals surface area contributed by atoms with Crippen LogP contribution in [0.25, 0.3) is 22.3 Å². The van der Waals surface area contributed by atoms with Gasteiger partial charge in [0.15, 0.2) is 0 Å². The van der Waals surface area contributed by atoms with E-state index in [9.17, 15) is 19.1 Å². The number of nitrogens with zero attached hydrogens (tertiary/aromatic N) is 2. The number of para-hydroxylation sites is 1. The van der Waals surface area contributed by atoms with E-state index in [0.717, 1.165) is 11.1 Å². The van der Waals surface area contributed by atoms with Crippen molar-refractivity contribution in [2.24, 2.45) is 7.05 Å². The molecule has 3 aromatic carbocycles. The first-order chi connectivity index (χ1) is 15.3. The van der Waals surface area contributed by atoms with Crippen molar-refractivity contribution in [2.75, 3.05) is 5.32 Å². The van der Waals surface area contributed by atoms with Gasteiger partial charge in [0.1, 0.15) is 11.6 Å². The number of halogens is 1. The van der Waals surface area contributed by atoms with Crippen LogP contribution in [-0.2, 0) is 7.05 Å². The topological polar surface area (TPSA) is 84.2 Å². The summed E-state index contributed by atoms with van der Waals surface area (Å²) in [6.45, 7) is 3.79. The number of aromatic nitrogens is 2. The molecule has 0 aliphatic heterocycles. The molecule has 0 aliphatic carbocycles. The van der Waals surface area contributed by atoms with Crippen LogP contribution < -0.4 is 10.9 Å². The highest BCUT2D eigenvalue weighted by Crippen LogP contribution is 2.29. The second kappa shape index (κ2) is 8.26. The lowest BCUT2D eigenvalue weighted by Crippen LogP contribution is -2.22. The summed E-state index contributed by atoms with van der Waals surface area (Å²) in [7, 11) is 1.64. The normalized spacial score (nSPS) is 12.0. The highest BCUT2D eigenvalue weighted by molar-refractivity contribution is 5.94. The smallest absolute Gasteiger partial charge is 0.337 e. The van der Waals surface area contributed by atoms with E-state index in [1.54, 1.807) is 43.4 Å². The van der Waals surface area contributed by atoms with Gasteiger partial charge in [-0.3, -0.25) is 9.36 Å². The number of nitrogens with one attached hydrogen (secondary N) is 1. The van der Waals surface area contributed by atoms with Crippen LogP contribution in [-0.4, -0.2) is 20.6 Å². The van der Waals surface area contributed by atoms with E-state index in [2.05, 4.69) is 5.32 Å². The molecule has 162 valence electrons. The maximum atomic E-state index is 13.4. The number of rotatable bonds is 5. The first kappa shape index (κ1) is 21.2. The molecule has 1 heterocycles. The molecule has 2 N–H and O–H groups in total. The van der Waals surface area contributed by atoms with Crippen LogP contribution in [0.3, 0.4) is 0 Å². The maximum Gasteiger partial charge on any atom is 0.337 e. The molecular formula is C25H22FN3O3. The van der Waals surface area contributed by atoms with Crippen molar-refractivity contribution in [3.05, 3.63) is 93.5 Å². The first-order valence-corrected chi connectivity index (χ1v) is 10.1. The number of fused-ring (bicyclic) bond motifs is 1. The molecule has 7 heteroatoms. The molecule has 4 aromatic rings. The summed E-state index contributed by atoms with van der Waals surface area (Å²) < 4.78 is 14.9. The van der Waals surface area contributed by atoms with Crippen molar-refractivity contribution in [1.29, 1.82) is 0 Å². The molecular weight excluding hydrogens is 409 g/mol. The average molecular weight is 431 g/mol. The Labute approximate surface area is 184 Å². The Morgan fingerprint density at radius 1 is 1.12 bits per heavy atom. The standard InChI is InChI=1S/C25H22FN3O3/c1-14-12-19(15(2)27-21-7-5-4-6-18(21)25(31)32)22-20(13-14)24(30)29(3)23(28-22)16-8-10-17(26)11-9-16/h4-13,15,27H,1-3H3,(H,31,32). The zero-order valence-electron chi connectivity index (χ0n) is 17.9. The lowest BCUT2D eigenvalue weighted by Gasteiger charge is -2.20. The van der Waals surface area contributed by atoms with Gasteiger partial charge in [0.05, 0.1) is 22.5 Å². The van der Waals surface area contributed by atoms with Gasteiger partial charge in [0, 0.05) is 23.9 Å². The molecule has 1 unspecified atom stereocenters. The summed E-state index contributed by atoms with van der Waals surface area (Å²) >= 11 is 0. The third-order valence-corrected chi connectivity index (χ3v) is 5.45. The number of carbonyl (C=O) groups is 1. The van der Waals surface area contributed by atoms with Crippen molar-refractivity contribution in [3.8, 4) is 11.4 Å². The van der Waals surface area contributed by atoms with E-state index >= 15 is 0 Å². The van der Waals surface area contributed by atoms with Gasteiger partial charge in [0.25, 0.3) is 5.56 Å². The number of anilines is 1. The lowest BCUT2D eigenvalue weighted by atomic mass is 10.00. The molecule has 0 bridgehead atoms. The van der Waals surface area contributed by atoms with Gasteiger partial charge in [-0.15, -0.1) is 0 Å². The van der Waals surface area contributed by atoms with Gasteiger partial charge in [-0.05, 0) is 61.9 Å². The Bertz CT molecular complexity index is 1390. The number of aromatic carboxylic acids is 1. The summed E-state index contributed by atoms with van der Waals surface area (Å²) in [6, 6.07) is 15.9. The zero-order valence-corrected chi connectivity index (χ0v) is 17.9. The fourth-order valence-electron chi connectivity index (χ4n) is 3.85. The largest absolute Gasteiger partial charge is 0.478 e. The van der Waals surface area contributed by atoms with Gasteiger partial charge in [-0.2, -0.15) is 0 Å². The van der Waals surface area contributed by atoms with Crippen LogP contribution in [0.5, 0.6) is 0 Å². The number of hydrogen-bond donors (Lipinski definition) is 2. The van der Waals surface area contributed by atoms with Crippen molar-refractivity contribution < 1.29 is 14.3 Å².